The maximum atomic E-state index is 8.63. The number of hydrogen-bond donors (Lipinski definition) is 3. The maximum absolute atomic E-state index is 8.63. The smallest absolute Gasteiger partial charge is 0.290 e. The van der Waals surface area contributed by atoms with Gasteiger partial charge in [0.05, 0.1) is 0 Å². The molecule has 0 radical (unpaired) electrons. The molecule has 0 amide bonds. The molecule has 0 bridgehead atoms. The number of hydrogen-bond acceptors (Lipinski definition) is 3. The van der Waals surface area contributed by atoms with Crippen molar-refractivity contribution >= 4 is 12.9 Å². The average Bonchev–Trinajstić information content (AvgIpc) is 2.08. The molecule has 1 aromatic carbocycles. The van der Waals surface area contributed by atoms with Crippen molar-refractivity contribution in [1.82, 2.24) is 0 Å². The summed E-state index contributed by atoms with van der Waals surface area (Å²) >= 11 is 0. The Hall–Kier alpha value is -2.04. The number of phenolic OH excluding ortho intramolecular Hbond substituents is 1. The zero-order valence-electron chi connectivity index (χ0n) is 6.70. The molecule has 0 saturated carbocycles. The third-order valence-corrected chi connectivity index (χ3v) is 0.756. The average molecular weight is 186 g/mol. The van der Waals surface area contributed by atoms with Gasteiger partial charge >= 0.3 is 0 Å². The van der Waals surface area contributed by atoms with Gasteiger partial charge in [-0.15, -0.1) is 0 Å². The topological polar surface area (TPSA) is 94.8 Å². The van der Waals surface area contributed by atoms with E-state index in [1.165, 1.54) is 0 Å². The fraction of sp³-hybridized carbons (Fsp3) is 0. The molecule has 13 heavy (non-hydrogen) atoms. The molecule has 0 aromatic heterocycles. The second-order valence-electron chi connectivity index (χ2n) is 1.55. The van der Waals surface area contributed by atoms with Gasteiger partial charge in [-0.3, -0.25) is 9.59 Å². The van der Waals surface area contributed by atoms with Crippen LogP contribution in [0.4, 0.5) is 0 Å². The quantitative estimate of drug-likeness (QED) is 0.521. The lowest BCUT2D eigenvalue weighted by Gasteiger charge is -1.82. The Kier molecular flexibility index (Phi) is 13.1. The first-order chi connectivity index (χ1) is 6.22. The summed E-state index contributed by atoms with van der Waals surface area (Å²) in [6, 6.07) is 8.71. The predicted molar refractivity (Wildman–Crippen MR) is 45.5 cm³/mol. The Bertz CT molecular complexity index is 203. The lowest BCUT2D eigenvalue weighted by Crippen LogP contribution is -1.56. The molecule has 0 aliphatic carbocycles. The zero-order chi connectivity index (χ0) is 10.5. The SMILES string of the molecule is O=CO.O=CO.Oc1ccccc1. The minimum Gasteiger partial charge on any atom is -0.508 e. The summed E-state index contributed by atoms with van der Waals surface area (Å²) in [5, 5.41) is 22.4. The van der Waals surface area contributed by atoms with Gasteiger partial charge in [0, 0.05) is 0 Å². The van der Waals surface area contributed by atoms with Crippen molar-refractivity contribution < 1.29 is 24.9 Å². The van der Waals surface area contributed by atoms with Gasteiger partial charge in [0.2, 0.25) is 0 Å². The van der Waals surface area contributed by atoms with Gasteiger partial charge in [0.15, 0.2) is 0 Å². The molecule has 1 rings (SSSR count). The number of para-hydroxylation sites is 1. The van der Waals surface area contributed by atoms with E-state index in [-0.39, 0.29) is 12.9 Å². The van der Waals surface area contributed by atoms with Crippen LogP contribution in [-0.2, 0) is 9.59 Å². The van der Waals surface area contributed by atoms with Crippen LogP contribution in [0.5, 0.6) is 5.75 Å². The van der Waals surface area contributed by atoms with Crippen molar-refractivity contribution in [2.24, 2.45) is 0 Å². The molecule has 1 aromatic rings. The first kappa shape index (κ1) is 13.5. The molecule has 0 heterocycles. The third-order valence-electron chi connectivity index (χ3n) is 0.756. The van der Waals surface area contributed by atoms with Gasteiger partial charge in [-0.2, -0.15) is 0 Å². The Balaban J connectivity index is 0. The Morgan fingerprint density at radius 2 is 1.23 bits per heavy atom. The molecule has 0 unspecified atom stereocenters. The molecule has 0 aliphatic rings. The van der Waals surface area contributed by atoms with Gasteiger partial charge in [-0.05, 0) is 12.1 Å². The molecule has 3 N–H and O–H groups in total. The van der Waals surface area contributed by atoms with Crippen LogP contribution in [-0.4, -0.2) is 28.3 Å². The van der Waals surface area contributed by atoms with Crippen molar-refractivity contribution in [3.8, 4) is 5.75 Å². The van der Waals surface area contributed by atoms with E-state index in [0.717, 1.165) is 0 Å². The van der Waals surface area contributed by atoms with Crippen molar-refractivity contribution in [2.45, 2.75) is 0 Å². The van der Waals surface area contributed by atoms with Crippen molar-refractivity contribution in [3.05, 3.63) is 30.3 Å². The second-order valence-corrected chi connectivity index (χ2v) is 1.55. The minimum absolute atomic E-state index is 0.250. The second kappa shape index (κ2) is 12.6. The third kappa shape index (κ3) is 17.8. The van der Waals surface area contributed by atoms with Crippen LogP contribution in [0.15, 0.2) is 30.3 Å². The molecule has 5 nitrogen and oxygen atoms in total. The first-order valence-electron chi connectivity index (χ1n) is 3.12. The summed E-state index contributed by atoms with van der Waals surface area (Å²) in [6.45, 7) is -0.500. The van der Waals surface area contributed by atoms with E-state index < -0.39 is 0 Å². The summed E-state index contributed by atoms with van der Waals surface area (Å²) in [4.78, 5) is 16.7. The van der Waals surface area contributed by atoms with Gasteiger partial charge in [-0.25, -0.2) is 0 Å². The summed E-state index contributed by atoms with van der Waals surface area (Å²) in [5.41, 5.74) is 0. The number of carboxylic acid groups (broad SMARTS) is 2. The lowest BCUT2D eigenvalue weighted by molar-refractivity contribution is -0.123. The van der Waals surface area contributed by atoms with Crippen molar-refractivity contribution in [1.29, 1.82) is 0 Å². The molecule has 72 valence electrons. The van der Waals surface area contributed by atoms with Crippen LogP contribution in [0.2, 0.25) is 0 Å². The van der Waals surface area contributed by atoms with Gasteiger partial charge in [0.25, 0.3) is 12.9 Å². The largest absolute Gasteiger partial charge is 0.508 e. The minimum atomic E-state index is -0.250. The van der Waals surface area contributed by atoms with E-state index in [0.29, 0.717) is 5.75 Å². The van der Waals surface area contributed by atoms with Crippen LogP contribution >= 0.6 is 0 Å². The Morgan fingerprint density at radius 3 is 1.38 bits per heavy atom. The van der Waals surface area contributed by atoms with Gasteiger partial charge < -0.3 is 15.3 Å². The van der Waals surface area contributed by atoms with E-state index in [4.69, 9.17) is 24.9 Å². The lowest BCUT2D eigenvalue weighted by atomic mass is 10.3. The Morgan fingerprint density at radius 1 is 0.923 bits per heavy atom. The molecule has 0 atom stereocenters. The number of phenols is 1. The first-order valence-corrected chi connectivity index (χ1v) is 3.12. The molecule has 0 spiro atoms. The number of benzene rings is 1. The Labute approximate surface area is 74.9 Å². The van der Waals surface area contributed by atoms with E-state index in [1.807, 2.05) is 6.07 Å². The molecule has 0 fully saturated rings. The number of carbonyl (C=O) groups is 2. The summed E-state index contributed by atoms with van der Waals surface area (Å²) in [5.74, 6) is 0.322. The fourth-order valence-electron chi connectivity index (χ4n) is 0.428. The summed E-state index contributed by atoms with van der Waals surface area (Å²) in [7, 11) is 0. The van der Waals surface area contributed by atoms with Crippen LogP contribution in [0.3, 0.4) is 0 Å². The molecule has 0 saturated heterocycles. The van der Waals surface area contributed by atoms with E-state index in [9.17, 15) is 0 Å². The van der Waals surface area contributed by atoms with Crippen LogP contribution in [0.25, 0.3) is 0 Å². The summed E-state index contributed by atoms with van der Waals surface area (Å²) in [6.07, 6.45) is 0. The van der Waals surface area contributed by atoms with Gasteiger partial charge in [0.1, 0.15) is 5.75 Å². The van der Waals surface area contributed by atoms with E-state index in [2.05, 4.69) is 0 Å². The van der Waals surface area contributed by atoms with Crippen LogP contribution in [0, 0.1) is 0 Å². The molecule has 0 aliphatic heterocycles. The highest BCUT2D eigenvalue weighted by Gasteiger charge is 1.74. The number of aromatic hydroxyl groups is 1. The predicted octanol–water partition coefficient (Wildman–Crippen LogP) is 0.794. The molecule has 5 heteroatoms. The zero-order valence-corrected chi connectivity index (χ0v) is 6.70. The highest BCUT2D eigenvalue weighted by Crippen LogP contribution is 2.02. The molecular formula is C8H10O5. The van der Waals surface area contributed by atoms with Crippen molar-refractivity contribution in [3.63, 3.8) is 0 Å². The van der Waals surface area contributed by atoms with Crippen LogP contribution < -0.4 is 0 Å². The number of rotatable bonds is 0. The standard InChI is InChI=1S/C6H6O.2CH2O2/c7-6-4-2-1-3-5-6;2*2-1-3/h1-5,7H;2*1H,(H,2,3). The van der Waals surface area contributed by atoms with Crippen molar-refractivity contribution in [2.75, 3.05) is 0 Å². The highest BCUT2D eigenvalue weighted by molar-refractivity contribution is 5.33. The molecular weight excluding hydrogens is 176 g/mol. The fourth-order valence-corrected chi connectivity index (χ4v) is 0.428. The maximum Gasteiger partial charge on any atom is 0.290 e. The highest BCUT2D eigenvalue weighted by atomic mass is 16.3. The van der Waals surface area contributed by atoms with Crippen LogP contribution in [0.1, 0.15) is 0 Å². The normalized spacial score (nSPS) is 6.46. The van der Waals surface area contributed by atoms with E-state index in [1.54, 1.807) is 24.3 Å². The summed E-state index contributed by atoms with van der Waals surface area (Å²) < 4.78 is 0. The van der Waals surface area contributed by atoms with E-state index >= 15 is 0 Å². The monoisotopic (exact) mass is 186 g/mol. The van der Waals surface area contributed by atoms with Gasteiger partial charge in [-0.1, -0.05) is 18.2 Å².